The molecule has 2 aromatic rings. The van der Waals surface area contributed by atoms with Crippen molar-refractivity contribution in [3.63, 3.8) is 0 Å². The Morgan fingerprint density at radius 3 is 2.35 bits per heavy atom. The van der Waals surface area contributed by atoms with E-state index in [2.05, 4.69) is 9.71 Å². The number of benzene rings is 1. The summed E-state index contributed by atoms with van der Waals surface area (Å²) in [7, 11) is -3.90. The maximum Gasteiger partial charge on any atom is 0.264 e. The minimum atomic E-state index is -3.90. The van der Waals surface area contributed by atoms with Gasteiger partial charge in [-0.1, -0.05) is 12.1 Å². The zero-order valence-corrected chi connectivity index (χ0v) is 9.49. The van der Waals surface area contributed by atoms with Crippen molar-refractivity contribution in [1.29, 1.82) is 0 Å². The average Bonchev–Trinajstić information content (AvgIpc) is 2.30. The minimum absolute atomic E-state index is 0.336. The van der Waals surface area contributed by atoms with Gasteiger partial charge in [0, 0.05) is 12.4 Å². The molecule has 1 aromatic heterocycles. The van der Waals surface area contributed by atoms with E-state index < -0.39 is 15.8 Å². The lowest BCUT2D eigenvalue weighted by Gasteiger charge is -2.07. The lowest BCUT2D eigenvalue weighted by molar-refractivity contribution is 0.570. The monoisotopic (exact) mass is 252 g/mol. The van der Waals surface area contributed by atoms with Crippen LogP contribution in [0.3, 0.4) is 0 Å². The van der Waals surface area contributed by atoms with Gasteiger partial charge in [0.15, 0.2) is 0 Å². The number of rotatable bonds is 3. The Kier molecular flexibility index (Phi) is 3.06. The third-order valence-electron chi connectivity index (χ3n) is 2.06. The lowest BCUT2D eigenvalue weighted by Crippen LogP contribution is -2.14. The highest BCUT2D eigenvalue weighted by Crippen LogP contribution is 2.17. The summed E-state index contributed by atoms with van der Waals surface area (Å²) in [4.78, 5) is 3.38. The second-order valence-electron chi connectivity index (χ2n) is 3.27. The van der Waals surface area contributed by atoms with Gasteiger partial charge in [-0.15, -0.1) is 0 Å². The Morgan fingerprint density at radius 2 is 1.71 bits per heavy atom. The SMILES string of the molecule is O=S(=O)(Nc1ccncc1)c1ccccc1F. The van der Waals surface area contributed by atoms with Gasteiger partial charge in [0.05, 0.1) is 5.69 Å². The molecule has 0 aliphatic rings. The quantitative estimate of drug-likeness (QED) is 0.909. The molecule has 1 heterocycles. The number of nitrogens with one attached hydrogen (secondary N) is 1. The van der Waals surface area contributed by atoms with Crippen LogP contribution in [0.2, 0.25) is 0 Å². The van der Waals surface area contributed by atoms with E-state index in [0.29, 0.717) is 5.69 Å². The normalized spacial score (nSPS) is 11.1. The van der Waals surface area contributed by atoms with Crippen molar-refractivity contribution in [3.05, 3.63) is 54.6 Å². The molecule has 88 valence electrons. The fraction of sp³-hybridized carbons (Fsp3) is 0. The maximum absolute atomic E-state index is 13.4. The number of anilines is 1. The molecule has 1 aromatic carbocycles. The maximum atomic E-state index is 13.4. The van der Waals surface area contributed by atoms with Crippen molar-refractivity contribution in [2.75, 3.05) is 4.72 Å². The Bertz CT molecular complexity index is 614. The van der Waals surface area contributed by atoms with Gasteiger partial charge in [0.2, 0.25) is 0 Å². The number of pyridine rings is 1. The van der Waals surface area contributed by atoms with Crippen LogP contribution in [0.5, 0.6) is 0 Å². The molecule has 0 atom stereocenters. The summed E-state index contributed by atoms with van der Waals surface area (Å²) in [5.41, 5.74) is 0.336. The number of hydrogen-bond acceptors (Lipinski definition) is 3. The van der Waals surface area contributed by atoms with Crippen molar-refractivity contribution < 1.29 is 12.8 Å². The van der Waals surface area contributed by atoms with Crippen LogP contribution in [0.4, 0.5) is 10.1 Å². The minimum Gasteiger partial charge on any atom is -0.279 e. The number of nitrogens with zero attached hydrogens (tertiary/aromatic N) is 1. The van der Waals surface area contributed by atoms with Crippen molar-refractivity contribution in [2.24, 2.45) is 0 Å². The third-order valence-corrected chi connectivity index (χ3v) is 3.47. The second-order valence-corrected chi connectivity index (χ2v) is 4.92. The summed E-state index contributed by atoms with van der Waals surface area (Å²) < 4.78 is 39.3. The van der Waals surface area contributed by atoms with Crippen LogP contribution in [-0.2, 0) is 10.0 Å². The van der Waals surface area contributed by atoms with Crippen LogP contribution in [-0.4, -0.2) is 13.4 Å². The van der Waals surface area contributed by atoms with Crippen molar-refractivity contribution in [1.82, 2.24) is 4.98 Å². The Labute approximate surface area is 98.2 Å². The molecular formula is C11H9FN2O2S. The molecule has 0 aliphatic carbocycles. The Hall–Kier alpha value is -1.95. The van der Waals surface area contributed by atoms with Gasteiger partial charge in [0.25, 0.3) is 10.0 Å². The molecule has 0 saturated heterocycles. The van der Waals surface area contributed by atoms with Crippen LogP contribution >= 0.6 is 0 Å². The van der Waals surface area contributed by atoms with Gasteiger partial charge in [-0.25, -0.2) is 12.8 Å². The van der Waals surface area contributed by atoms with Gasteiger partial charge >= 0.3 is 0 Å². The molecule has 0 aliphatic heterocycles. The van der Waals surface area contributed by atoms with Crippen LogP contribution in [0, 0.1) is 5.82 Å². The van der Waals surface area contributed by atoms with Gasteiger partial charge < -0.3 is 0 Å². The number of aromatic nitrogens is 1. The van der Waals surface area contributed by atoms with Crippen molar-refractivity contribution in [3.8, 4) is 0 Å². The van der Waals surface area contributed by atoms with Crippen LogP contribution in [0.15, 0.2) is 53.7 Å². The summed E-state index contributed by atoms with van der Waals surface area (Å²) in [5, 5.41) is 0. The number of hydrogen-bond donors (Lipinski definition) is 1. The second kappa shape index (κ2) is 4.50. The molecule has 1 N–H and O–H groups in total. The summed E-state index contributed by atoms with van der Waals surface area (Å²) >= 11 is 0. The van der Waals surface area contributed by atoms with E-state index in [1.54, 1.807) is 0 Å². The first kappa shape index (κ1) is 11.5. The predicted octanol–water partition coefficient (Wildman–Crippen LogP) is 2.02. The highest BCUT2D eigenvalue weighted by atomic mass is 32.2. The first-order valence-electron chi connectivity index (χ1n) is 4.77. The third kappa shape index (κ3) is 2.59. The van der Waals surface area contributed by atoms with E-state index in [0.717, 1.165) is 6.07 Å². The Morgan fingerprint density at radius 1 is 1.06 bits per heavy atom. The Balaban J connectivity index is 2.36. The molecule has 17 heavy (non-hydrogen) atoms. The van der Waals surface area contributed by atoms with E-state index in [-0.39, 0.29) is 4.90 Å². The molecule has 0 bridgehead atoms. The molecule has 6 heteroatoms. The van der Waals surface area contributed by atoms with Gasteiger partial charge in [0.1, 0.15) is 10.7 Å². The van der Waals surface area contributed by atoms with Gasteiger partial charge in [-0.05, 0) is 24.3 Å². The fourth-order valence-corrected chi connectivity index (χ4v) is 2.43. The summed E-state index contributed by atoms with van der Waals surface area (Å²) in [6.45, 7) is 0. The molecule has 0 radical (unpaired) electrons. The van der Waals surface area contributed by atoms with E-state index in [1.165, 1.54) is 42.7 Å². The zero-order chi connectivity index (χ0) is 12.3. The standard InChI is InChI=1S/C11H9FN2O2S/c12-10-3-1-2-4-11(10)17(15,16)14-9-5-7-13-8-6-9/h1-8H,(H,13,14). The summed E-state index contributed by atoms with van der Waals surface area (Å²) in [5.74, 6) is -0.783. The highest BCUT2D eigenvalue weighted by molar-refractivity contribution is 7.92. The van der Waals surface area contributed by atoms with Crippen LogP contribution < -0.4 is 4.72 Å². The zero-order valence-electron chi connectivity index (χ0n) is 8.67. The predicted molar refractivity (Wildman–Crippen MR) is 61.4 cm³/mol. The molecule has 0 saturated carbocycles. The number of halogens is 1. The number of sulfonamides is 1. The van der Waals surface area contributed by atoms with Gasteiger partial charge in [-0.3, -0.25) is 9.71 Å². The first-order valence-corrected chi connectivity index (χ1v) is 6.25. The smallest absolute Gasteiger partial charge is 0.264 e. The first-order chi connectivity index (χ1) is 8.09. The topological polar surface area (TPSA) is 59.1 Å². The molecule has 0 fully saturated rings. The molecule has 4 nitrogen and oxygen atoms in total. The van der Waals surface area contributed by atoms with E-state index in [1.807, 2.05) is 0 Å². The van der Waals surface area contributed by atoms with E-state index in [4.69, 9.17) is 0 Å². The largest absolute Gasteiger partial charge is 0.279 e. The van der Waals surface area contributed by atoms with E-state index >= 15 is 0 Å². The lowest BCUT2D eigenvalue weighted by atomic mass is 10.4. The average molecular weight is 252 g/mol. The van der Waals surface area contributed by atoms with Crippen LogP contribution in [0.25, 0.3) is 0 Å². The summed E-state index contributed by atoms with van der Waals surface area (Å²) in [6, 6.07) is 8.17. The fourth-order valence-electron chi connectivity index (χ4n) is 1.29. The molecule has 0 spiro atoms. The molecule has 2 rings (SSSR count). The van der Waals surface area contributed by atoms with Gasteiger partial charge in [-0.2, -0.15) is 0 Å². The summed E-state index contributed by atoms with van der Waals surface area (Å²) in [6.07, 6.45) is 2.89. The molecular weight excluding hydrogens is 243 g/mol. The van der Waals surface area contributed by atoms with Crippen LogP contribution in [0.1, 0.15) is 0 Å². The van der Waals surface area contributed by atoms with Crippen molar-refractivity contribution >= 4 is 15.7 Å². The molecule has 0 amide bonds. The van der Waals surface area contributed by atoms with Crippen molar-refractivity contribution in [2.45, 2.75) is 4.90 Å². The van der Waals surface area contributed by atoms with E-state index in [9.17, 15) is 12.8 Å². The highest BCUT2D eigenvalue weighted by Gasteiger charge is 2.18. The molecule has 0 unspecified atom stereocenters.